The Balaban J connectivity index is 1.35. The first-order chi connectivity index (χ1) is 22.6. The Kier molecular flexibility index (Phi) is 11.4. The molecule has 252 valence electrons. The van der Waals surface area contributed by atoms with Gasteiger partial charge >= 0.3 is 0 Å². The van der Waals surface area contributed by atoms with E-state index in [1.807, 2.05) is 48.2 Å². The molecule has 5 rings (SSSR count). The van der Waals surface area contributed by atoms with Crippen LogP contribution in [0.5, 0.6) is 11.5 Å². The monoisotopic (exact) mass is 659 g/mol. The van der Waals surface area contributed by atoms with Crippen molar-refractivity contribution in [3.8, 4) is 11.5 Å². The summed E-state index contributed by atoms with van der Waals surface area (Å²) in [6, 6.07) is 20.0. The van der Waals surface area contributed by atoms with Crippen LogP contribution in [-0.2, 0) is 16.0 Å². The zero-order valence-corrected chi connectivity index (χ0v) is 29.5. The van der Waals surface area contributed by atoms with Crippen LogP contribution < -0.4 is 24.6 Å². The second-order valence-corrected chi connectivity index (χ2v) is 14.1. The van der Waals surface area contributed by atoms with Gasteiger partial charge in [0.2, 0.25) is 11.8 Å². The average Bonchev–Trinajstić information content (AvgIpc) is 3.05. The highest BCUT2D eigenvalue weighted by atomic mass is 35.5. The van der Waals surface area contributed by atoms with E-state index >= 15 is 0 Å². The Labute approximate surface area is 285 Å². The lowest BCUT2D eigenvalue weighted by atomic mass is 9.85. The first-order valence-electron chi connectivity index (χ1n) is 17.1. The van der Waals surface area contributed by atoms with Crippen molar-refractivity contribution in [2.45, 2.75) is 90.8 Å². The molecule has 7 nitrogen and oxygen atoms in total. The molecule has 3 aromatic carbocycles. The van der Waals surface area contributed by atoms with E-state index < -0.39 is 0 Å². The third kappa shape index (κ3) is 8.42. The molecule has 1 saturated carbocycles. The summed E-state index contributed by atoms with van der Waals surface area (Å²) in [7, 11) is 3.77. The van der Waals surface area contributed by atoms with Crippen molar-refractivity contribution >= 4 is 34.8 Å². The molecule has 2 aliphatic rings. The normalized spacial score (nSPS) is 20.0. The summed E-state index contributed by atoms with van der Waals surface area (Å²) < 4.78 is 12.0. The summed E-state index contributed by atoms with van der Waals surface area (Å²) >= 11 is 6.29. The van der Waals surface area contributed by atoms with E-state index in [-0.39, 0.29) is 30.4 Å². The van der Waals surface area contributed by atoms with Crippen molar-refractivity contribution in [3.63, 3.8) is 0 Å². The highest BCUT2D eigenvalue weighted by molar-refractivity contribution is 6.30. The second-order valence-electron chi connectivity index (χ2n) is 13.7. The predicted octanol–water partition coefficient (Wildman–Crippen LogP) is 8.36. The largest absolute Gasteiger partial charge is 0.493 e. The fourth-order valence-corrected chi connectivity index (χ4v) is 7.01. The Morgan fingerprint density at radius 1 is 1.00 bits per heavy atom. The lowest BCUT2D eigenvalue weighted by molar-refractivity contribution is -0.122. The quantitative estimate of drug-likeness (QED) is 0.212. The molecule has 1 aliphatic carbocycles. The number of rotatable bonds is 12. The number of benzene rings is 3. The van der Waals surface area contributed by atoms with Crippen molar-refractivity contribution in [2.75, 3.05) is 30.5 Å². The highest BCUT2D eigenvalue weighted by Crippen LogP contribution is 2.44. The number of fused-ring (bicyclic) bond motifs is 1. The second kappa shape index (κ2) is 15.5. The lowest BCUT2D eigenvalue weighted by Crippen LogP contribution is -2.41. The fraction of sp³-hybridized carbons (Fsp3) is 0.487. The average molecular weight is 660 g/mol. The molecule has 0 radical (unpaired) electrons. The molecule has 0 saturated heterocycles. The lowest BCUT2D eigenvalue weighted by Gasteiger charge is -2.38. The smallest absolute Gasteiger partial charge is 0.232 e. The first-order valence-corrected chi connectivity index (χ1v) is 17.5. The van der Waals surface area contributed by atoms with Crippen LogP contribution in [0.15, 0.2) is 60.7 Å². The summed E-state index contributed by atoms with van der Waals surface area (Å²) in [6.07, 6.45) is 6.01. The molecule has 1 unspecified atom stereocenters. The van der Waals surface area contributed by atoms with Crippen LogP contribution in [0.3, 0.4) is 0 Å². The minimum absolute atomic E-state index is 0.0208. The first kappa shape index (κ1) is 34.6. The predicted molar refractivity (Wildman–Crippen MR) is 191 cm³/mol. The van der Waals surface area contributed by atoms with E-state index in [1.54, 1.807) is 7.11 Å². The maximum Gasteiger partial charge on any atom is 0.232 e. The van der Waals surface area contributed by atoms with Crippen LogP contribution in [0.1, 0.15) is 89.0 Å². The topological polar surface area (TPSA) is 71.1 Å². The van der Waals surface area contributed by atoms with Gasteiger partial charge in [-0.15, -0.1) is 0 Å². The van der Waals surface area contributed by atoms with Gasteiger partial charge in [0.1, 0.15) is 0 Å². The van der Waals surface area contributed by atoms with E-state index in [2.05, 4.69) is 62.3 Å². The van der Waals surface area contributed by atoms with Crippen molar-refractivity contribution in [3.05, 3.63) is 82.4 Å². The summed E-state index contributed by atoms with van der Waals surface area (Å²) in [4.78, 5) is 30.4. The maximum absolute atomic E-state index is 13.9. The number of hydrogen-bond donors (Lipinski definition) is 1. The van der Waals surface area contributed by atoms with Crippen LogP contribution in [0.25, 0.3) is 0 Å². The molecule has 2 atom stereocenters. The maximum atomic E-state index is 13.9. The number of amides is 2. The molecule has 8 heteroatoms. The number of nitrogens with one attached hydrogen (secondary N) is 1. The van der Waals surface area contributed by atoms with Gasteiger partial charge in [-0.1, -0.05) is 44.5 Å². The fourth-order valence-electron chi connectivity index (χ4n) is 6.88. The molecular formula is C39H50ClN3O4. The van der Waals surface area contributed by atoms with Gasteiger partial charge in [-0.2, -0.15) is 0 Å². The van der Waals surface area contributed by atoms with Gasteiger partial charge in [0.15, 0.2) is 11.5 Å². The molecule has 0 spiro atoms. The molecule has 0 bridgehead atoms. The van der Waals surface area contributed by atoms with Crippen molar-refractivity contribution < 1.29 is 19.1 Å². The molecule has 47 heavy (non-hydrogen) atoms. The summed E-state index contributed by atoms with van der Waals surface area (Å²) in [5.74, 6) is 2.47. The number of carbonyl (C=O) groups is 2. The SMILES string of the molecule is CC[C@@H](C)Oc1cc2c(cc1OC)CC(=O)N(c1ccc(N(C)C[C@H]3CC[C@H](NC(=O)CC(C)C)CC3)cc1)C2c1ccc(Cl)cc1. The Morgan fingerprint density at radius 3 is 2.30 bits per heavy atom. The number of carbonyl (C=O) groups excluding carboxylic acids is 2. The van der Waals surface area contributed by atoms with Crippen LogP contribution in [-0.4, -0.2) is 44.7 Å². The molecule has 0 aromatic heterocycles. The Hall–Kier alpha value is -3.71. The molecule has 1 aliphatic heterocycles. The highest BCUT2D eigenvalue weighted by Gasteiger charge is 2.36. The summed E-state index contributed by atoms with van der Waals surface area (Å²) in [5, 5.41) is 3.88. The zero-order chi connectivity index (χ0) is 33.7. The Morgan fingerprint density at radius 2 is 1.68 bits per heavy atom. The van der Waals surface area contributed by atoms with Crippen LogP contribution in [0.2, 0.25) is 5.02 Å². The number of methoxy groups -OCH3 is 1. The van der Waals surface area contributed by atoms with E-state index in [0.29, 0.717) is 40.8 Å². The molecule has 3 aromatic rings. The number of ether oxygens (including phenoxy) is 2. The van der Waals surface area contributed by atoms with E-state index in [9.17, 15) is 9.59 Å². The van der Waals surface area contributed by atoms with Crippen LogP contribution in [0.4, 0.5) is 11.4 Å². The van der Waals surface area contributed by atoms with E-state index in [1.165, 1.54) is 0 Å². The number of hydrogen-bond acceptors (Lipinski definition) is 5. The molecule has 1 N–H and O–H groups in total. The van der Waals surface area contributed by atoms with Gasteiger partial charge in [-0.25, -0.2) is 0 Å². The van der Waals surface area contributed by atoms with Gasteiger partial charge in [0.05, 0.1) is 25.7 Å². The molecule has 1 fully saturated rings. The van der Waals surface area contributed by atoms with Gasteiger partial charge in [-0.05, 0) is 116 Å². The molecular weight excluding hydrogens is 610 g/mol. The van der Waals surface area contributed by atoms with Gasteiger partial charge in [0.25, 0.3) is 0 Å². The van der Waals surface area contributed by atoms with Crippen molar-refractivity contribution in [2.24, 2.45) is 11.8 Å². The standard InChI is InChI=1S/C39H50ClN3O4/c1-7-26(4)47-36-23-34-29(21-35(36)46-6)22-38(45)43(39(34)28-10-12-30(40)13-11-28)33-18-16-32(17-19-33)42(5)24-27-8-14-31(15-9-27)41-37(44)20-25(2)3/h10-13,16-19,21,23,25-27,31,39H,7-9,14-15,20,22,24H2,1-6H3,(H,41,44)/t26-,27-,31-,39?/m1/s1. The zero-order valence-electron chi connectivity index (χ0n) is 28.7. The van der Waals surface area contributed by atoms with Crippen molar-refractivity contribution in [1.82, 2.24) is 5.32 Å². The summed E-state index contributed by atoms with van der Waals surface area (Å²) in [6.45, 7) is 9.25. The van der Waals surface area contributed by atoms with E-state index in [0.717, 1.165) is 66.7 Å². The number of halogens is 1. The minimum atomic E-state index is -0.353. The third-order valence-electron chi connectivity index (χ3n) is 9.58. The third-order valence-corrected chi connectivity index (χ3v) is 9.84. The molecule has 1 heterocycles. The van der Waals surface area contributed by atoms with Gasteiger partial charge < -0.3 is 24.6 Å². The van der Waals surface area contributed by atoms with Gasteiger partial charge in [0, 0.05) is 42.5 Å². The minimum Gasteiger partial charge on any atom is -0.493 e. The number of nitrogens with zero attached hydrogens (tertiary/aromatic N) is 2. The van der Waals surface area contributed by atoms with Crippen LogP contribution >= 0.6 is 11.6 Å². The van der Waals surface area contributed by atoms with Gasteiger partial charge in [-0.3, -0.25) is 9.59 Å². The molecule has 2 amide bonds. The van der Waals surface area contributed by atoms with Crippen molar-refractivity contribution in [1.29, 1.82) is 0 Å². The summed E-state index contributed by atoms with van der Waals surface area (Å²) in [5.41, 5.74) is 4.88. The number of anilines is 2. The Bertz CT molecular complexity index is 1520. The van der Waals surface area contributed by atoms with Crippen LogP contribution in [0, 0.1) is 11.8 Å². The van der Waals surface area contributed by atoms with E-state index in [4.69, 9.17) is 21.1 Å².